The summed E-state index contributed by atoms with van der Waals surface area (Å²) in [4.78, 5) is 33.9. The Balaban J connectivity index is 2.13. The van der Waals surface area contributed by atoms with E-state index in [2.05, 4.69) is 9.97 Å². The summed E-state index contributed by atoms with van der Waals surface area (Å²) in [6.07, 6.45) is 1.98. The number of benzene rings is 2. The molecule has 0 atom stereocenters. The Bertz CT molecular complexity index is 1270. The summed E-state index contributed by atoms with van der Waals surface area (Å²) < 4.78 is 1.55. The first-order chi connectivity index (χ1) is 14.0. The van der Waals surface area contributed by atoms with Crippen LogP contribution in [0.4, 0.5) is 0 Å². The van der Waals surface area contributed by atoms with Gasteiger partial charge in [0.2, 0.25) is 0 Å². The van der Waals surface area contributed by atoms with Gasteiger partial charge >= 0.3 is 0 Å². The van der Waals surface area contributed by atoms with Crippen LogP contribution in [0.1, 0.15) is 35.4 Å². The highest BCUT2D eigenvalue weighted by molar-refractivity contribution is 6.31. The topological polar surface area (TPSA) is 67.8 Å². The zero-order valence-electron chi connectivity index (χ0n) is 16.2. The number of aromatic nitrogens is 3. The van der Waals surface area contributed by atoms with Crippen molar-refractivity contribution in [2.24, 2.45) is 0 Å². The fourth-order valence-electron chi connectivity index (χ4n) is 3.65. The summed E-state index contributed by atoms with van der Waals surface area (Å²) in [5.41, 5.74) is 2.53. The molecule has 0 unspecified atom stereocenters. The van der Waals surface area contributed by atoms with Crippen LogP contribution in [0.3, 0.4) is 0 Å². The Morgan fingerprint density at radius 2 is 1.90 bits per heavy atom. The van der Waals surface area contributed by atoms with Crippen LogP contribution >= 0.6 is 11.6 Å². The van der Waals surface area contributed by atoms with Crippen LogP contribution in [0.5, 0.6) is 0 Å². The van der Waals surface area contributed by atoms with E-state index < -0.39 is 0 Å². The summed E-state index contributed by atoms with van der Waals surface area (Å²) in [5, 5.41) is 1.73. The summed E-state index contributed by atoms with van der Waals surface area (Å²) in [6, 6.07) is 14.8. The SMILES string of the molecule is CCC(=O)c1c(-c2ccccc2)c2cc(Cl)ccc2c(=O)n1Cc1cnc(C)[nH]1. The van der Waals surface area contributed by atoms with Gasteiger partial charge in [0.15, 0.2) is 5.78 Å². The molecule has 1 N–H and O–H groups in total. The Labute approximate surface area is 173 Å². The number of rotatable bonds is 5. The molecule has 0 bridgehead atoms. The van der Waals surface area contributed by atoms with Crippen molar-refractivity contribution in [1.82, 2.24) is 14.5 Å². The van der Waals surface area contributed by atoms with Crippen LogP contribution in [0, 0.1) is 6.92 Å². The van der Waals surface area contributed by atoms with Crippen molar-refractivity contribution >= 4 is 28.2 Å². The number of H-pyrrole nitrogens is 1. The molecule has 2 aromatic heterocycles. The number of aromatic amines is 1. The second-order valence-electron chi connectivity index (χ2n) is 6.94. The lowest BCUT2D eigenvalue weighted by Gasteiger charge is -2.19. The summed E-state index contributed by atoms with van der Waals surface area (Å²) in [6.45, 7) is 3.88. The fourth-order valence-corrected chi connectivity index (χ4v) is 3.82. The predicted molar refractivity (Wildman–Crippen MR) is 116 cm³/mol. The second-order valence-corrected chi connectivity index (χ2v) is 7.38. The van der Waals surface area contributed by atoms with Crippen molar-refractivity contribution in [1.29, 1.82) is 0 Å². The molecule has 0 fully saturated rings. The summed E-state index contributed by atoms with van der Waals surface area (Å²) in [5.74, 6) is 0.659. The third kappa shape index (κ3) is 3.49. The maximum Gasteiger partial charge on any atom is 0.259 e. The van der Waals surface area contributed by atoms with Crippen molar-refractivity contribution in [2.75, 3.05) is 0 Å². The van der Waals surface area contributed by atoms with Gasteiger partial charge in [-0.1, -0.05) is 48.9 Å². The number of hydrogen-bond acceptors (Lipinski definition) is 3. The van der Waals surface area contributed by atoms with E-state index in [1.54, 1.807) is 35.9 Å². The molecule has 2 heterocycles. The Morgan fingerprint density at radius 1 is 1.14 bits per heavy atom. The molecule has 0 aliphatic heterocycles. The van der Waals surface area contributed by atoms with Crippen molar-refractivity contribution < 1.29 is 4.79 Å². The predicted octanol–water partition coefficient (Wildman–Crippen LogP) is 4.99. The lowest BCUT2D eigenvalue weighted by molar-refractivity contribution is 0.0979. The number of carbonyl (C=O) groups excluding carboxylic acids is 1. The number of nitrogens with one attached hydrogen (secondary N) is 1. The van der Waals surface area contributed by atoms with E-state index in [0.29, 0.717) is 21.5 Å². The van der Waals surface area contributed by atoms with Gasteiger partial charge in [-0.25, -0.2) is 4.98 Å². The number of carbonyl (C=O) groups is 1. The molecule has 0 spiro atoms. The number of fused-ring (bicyclic) bond motifs is 1. The van der Waals surface area contributed by atoms with Gasteiger partial charge in [-0.15, -0.1) is 0 Å². The zero-order chi connectivity index (χ0) is 20.5. The van der Waals surface area contributed by atoms with Crippen LogP contribution in [-0.2, 0) is 6.54 Å². The highest BCUT2D eigenvalue weighted by Gasteiger charge is 2.23. The minimum Gasteiger partial charge on any atom is -0.345 e. The Morgan fingerprint density at radius 3 is 2.55 bits per heavy atom. The van der Waals surface area contributed by atoms with E-state index in [-0.39, 0.29) is 24.3 Å². The normalized spacial score (nSPS) is 11.1. The van der Waals surface area contributed by atoms with E-state index in [0.717, 1.165) is 22.6 Å². The maximum absolute atomic E-state index is 13.4. The van der Waals surface area contributed by atoms with Gasteiger partial charge in [-0.05, 0) is 36.1 Å². The maximum atomic E-state index is 13.4. The van der Waals surface area contributed by atoms with Crippen molar-refractivity contribution in [3.8, 4) is 11.1 Å². The first-order valence-corrected chi connectivity index (χ1v) is 9.82. The number of hydrogen-bond donors (Lipinski definition) is 1. The Kier molecular flexibility index (Phi) is 5.07. The van der Waals surface area contributed by atoms with Crippen LogP contribution in [0.2, 0.25) is 5.02 Å². The molecule has 0 saturated heterocycles. The molecule has 0 radical (unpaired) electrons. The van der Waals surface area contributed by atoms with E-state index in [1.807, 2.05) is 37.3 Å². The van der Waals surface area contributed by atoms with Gasteiger partial charge in [-0.2, -0.15) is 0 Å². The molecule has 2 aromatic carbocycles. The van der Waals surface area contributed by atoms with E-state index >= 15 is 0 Å². The average Bonchev–Trinajstić information content (AvgIpc) is 3.14. The molecule has 0 aliphatic rings. The van der Waals surface area contributed by atoms with Gasteiger partial charge in [-0.3, -0.25) is 14.2 Å². The Hall–Kier alpha value is -3.18. The quantitative estimate of drug-likeness (QED) is 0.475. The van der Waals surface area contributed by atoms with Crippen LogP contribution < -0.4 is 5.56 Å². The third-order valence-electron chi connectivity index (χ3n) is 4.96. The summed E-state index contributed by atoms with van der Waals surface area (Å²) in [7, 11) is 0. The van der Waals surface area contributed by atoms with Crippen molar-refractivity contribution in [3.05, 3.63) is 87.3 Å². The number of Topliss-reactive ketones (excluding diaryl/α,β-unsaturated/α-hetero) is 1. The molecule has 5 nitrogen and oxygen atoms in total. The molecule has 6 heteroatoms. The van der Waals surface area contributed by atoms with Crippen LogP contribution in [-0.4, -0.2) is 20.3 Å². The van der Waals surface area contributed by atoms with Gasteiger partial charge in [0.25, 0.3) is 5.56 Å². The van der Waals surface area contributed by atoms with Crippen molar-refractivity contribution in [3.63, 3.8) is 0 Å². The number of imidazole rings is 1. The monoisotopic (exact) mass is 405 g/mol. The molecule has 4 aromatic rings. The molecule has 29 heavy (non-hydrogen) atoms. The minimum atomic E-state index is -0.222. The zero-order valence-corrected chi connectivity index (χ0v) is 17.0. The molecule has 146 valence electrons. The highest BCUT2D eigenvalue weighted by Crippen LogP contribution is 2.33. The molecule has 0 amide bonds. The lowest BCUT2D eigenvalue weighted by Crippen LogP contribution is -2.28. The smallest absolute Gasteiger partial charge is 0.259 e. The number of pyridine rings is 1. The number of nitrogens with zero attached hydrogens (tertiary/aromatic N) is 2. The first kappa shape index (κ1) is 19.2. The lowest BCUT2D eigenvalue weighted by atomic mass is 9.94. The third-order valence-corrected chi connectivity index (χ3v) is 5.20. The number of halogens is 1. The largest absolute Gasteiger partial charge is 0.345 e. The molecule has 0 aliphatic carbocycles. The van der Waals surface area contributed by atoms with Gasteiger partial charge in [0.1, 0.15) is 5.82 Å². The number of aryl methyl sites for hydroxylation is 1. The van der Waals surface area contributed by atoms with E-state index in [1.165, 1.54) is 0 Å². The molecule has 0 saturated carbocycles. The van der Waals surface area contributed by atoms with Gasteiger partial charge in [0.05, 0.1) is 24.1 Å². The molecular weight excluding hydrogens is 386 g/mol. The summed E-state index contributed by atoms with van der Waals surface area (Å²) >= 11 is 6.26. The first-order valence-electron chi connectivity index (χ1n) is 9.44. The second kappa shape index (κ2) is 7.68. The average molecular weight is 406 g/mol. The standard InChI is InChI=1S/C23H20ClN3O2/c1-3-20(28)22-21(15-7-5-4-6-8-15)19-11-16(24)9-10-18(19)23(29)27(22)13-17-12-25-14(2)26-17/h4-12H,3,13H2,1-2H3,(H,25,26). The van der Waals surface area contributed by atoms with Crippen LogP contribution in [0.25, 0.3) is 21.9 Å². The molecular formula is C23H20ClN3O2. The molecule has 4 rings (SSSR count). The minimum absolute atomic E-state index is 0.0981. The van der Waals surface area contributed by atoms with E-state index in [4.69, 9.17) is 11.6 Å². The van der Waals surface area contributed by atoms with Gasteiger partial charge in [0, 0.05) is 22.4 Å². The fraction of sp³-hybridized carbons (Fsp3) is 0.174. The van der Waals surface area contributed by atoms with Crippen LogP contribution in [0.15, 0.2) is 59.5 Å². The highest BCUT2D eigenvalue weighted by atomic mass is 35.5. The van der Waals surface area contributed by atoms with Crippen molar-refractivity contribution in [2.45, 2.75) is 26.8 Å². The van der Waals surface area contributed by atoms with E-state index in [9.17, 15) is 9.59 Å². The van der Waals surface area contributed by atoms with Gasteiger partial charge < -0.3 is 4.98 Å². The number of ketones is 1.